The molecule has 16 heavy (non-hydrogen) atoms. The van der Waals surface area contributed by atoms with Gasteiger partial charge in [-0.15, -0.1) is 11.3 Å². The van der Waals surface area contributed by atoms with Crippen LogP contribution in [-0.2, 0) is 6.54 Å². The molecular weight excluding hydrogens is 218 g/mol. The highest BCUT2D eigenvalue weighted by Crippen LogP contribution is 2.34. The molecule has 2 aromatic heterocycles. The molecule has 80 valence electrons. The molecule has 0 aliphatic heterocycles. The Hall–Kier alpha value is -1.65. The van der Waals surface area contributed by atoms with E-state index >= 15 is 0 Å². The van der Waals surface area contributed by atoms with Crippen molar-refractivity contribution in [1.82, 2.24) is 10.2 Å². The summed E-state index contributed by atoms with van der Waals surface area (Å²) in [5, 5.41) is 10.4. The Morgan fingerprint density at radius 1 is 1.25 bits per heavy atom. The number of hydrogen-bond acceptors (Lipinski definition) is 3. The number of fused-ring (bicyclic) bond motifs is 1. The summed E-state index contributed by atoms with van der Waals surface area (Å²) in [7, 11) is 0. The average Bonchev–Trinajstić information content (AvgIpc) is 2.94. The Morgan fingerprint density at radius 3 is 3.00 bits per heavy atom. The fourth-order valence-electron chi connectivity index (χ4n) is 1.89. The first kappa shape index (κ1) is 9.57. The maximum Gasteiger partial charge on any atom is 0.0569 e. The molecule has 0 aliphatic carbocycles. The van der Waals surface area contributed by atoms with Crippen LogP contribution in [0.1, 0.15) is 5.69 Å². The largest absolute Gasteiger partial charge is 0.325 e. The third kappa shape index (κ3) is 1.35. The number of nitrogens with two attached hydrogens (primary N) is 1. The highest BCUT2D eigenvalue weighted by atomic mass is 32.1. The SMILES string of the molecule is NCc1[nH]ncc1-c1csc2ccccc12. The van der Waals surface area contributed by atoms with Gasteiger partial charge in [-0.2, -0.15) is 5.10 Å². The second-order valence-electron chi connectivity index (χ2n) is 3.61. The Kier molecular flexibility index (Phi) is 2.23. The van der Waals surface area contributed by atoms with Crippen molar-refractivity contribution in [3.8, 4) is 11.1 Å². The Labute approximate surface area is 96.9 Å². The Morgan fingerprint density at radius 2 is 2.12 bits per heavy atom. The van der Waals surface area contributed by atoms with Gasteiger partial charge >= 0.3 is 0 Å². The van der Waals surface area contributed by atoms with Gasteiger partial charge in [-0.25, -0.2) is 0 Å². The van der Waals surface area contributed by atoms with Crippen molar-refractivity contribution >= 4 is 21.4 Å². The van der Waals surface area contributed by atoms with Gasteiger partial charge in [-0.05, 0) is 11.4 Å². The number of hydrogen-bond donors (Lipinski definition) is 2. The van der Waals surface area contributed by atoms with E-state index in [4.69, 9.17) is 5.73 Å². The molecule has 3 aromatic rings. The Bertz CT molecular complexity index is 624. The molecule has 3 N–H and O–H groups in total. The lowest BCUT2D eigenvalue weighted by Gasteiger charge is -1.98. The lowest BCUT2D eigenvalue weighted by molar-refractivity contribution is 0.948. The summed E-state index contributed by atoms with van der Waals surface area (Å²) in [5.41, 5.74) is 9.00. The predicted molar refractivity (Wildman–Crippen MR) is 67.3 cm³/mol. The lowest BCUT2D eigenvalue weighted by Crippen LogP contribution is -1.98. The van der Waals surface area contributed by atoms with Crippen LogP contribution in [0.4, 0.5) is 0 Å². The molecule has 2 heterocycles. The topological polar surface area (TPSA) is 54.7 Å². The number of nitrogens with one attached hydrogen (secondary N) is 1. The number of H-pyrrole nitrogens is 1. The van der Waals surface area contributed by atoms with Crippen molar-refractivity contribution in [1.29, 1.82) is 0 Å². The van der Waals surface area contributed by atoms with Crippen LogP contribution in [-0.4, -0.2) is 10.2 Å². The average molecular weight is 229 g/mol. The van der Waals surface area contributed by atoms with Gasteiger partial charge in [0.2, 0.25) is 0 Å². The van der Waals surface area contributed by atoms with Crippen molar-refractivity contribution in [3.63, 3.8) is 0 Å². The van der Waals surface area contributed by atoms with E-state index in [2.05, 4.69) is 39.8 Å². The Balaban J connectivity index is 2.26. The zero-order valence-corrected chi connectivity index (χ0v) is 9.42. The van der Waals surface area contributed by atoms with E-state index in [9.17, 15) is 0 Å². The van der Waals surface area contributed by atoms with Gasteiger partial charge in [0.05, 0.1) is 11.9 Å². The first-order chi connectivity index (χ1) is 7.90. The van der Waals surface area contributed by atoms with Gasteiger partial charge in [0, 0.05) is 27.8 Å². The third-order valence-corrected chi connectivity index (χ3v) is 3.66. The fraction of sp³-hybridized carbons (Fsp3) is 0.0833. The second kappa shape index (κ2) is 3.73. The van der Waals surface area contributed by atoms with Gasteiger partial charge in [0.15, 0.2) is 0 Å². The summed E-state index contributed by atoms with van der Waals surface area (Å²) in [6, 6.07) is 8.38. The zero-order chi connectivity index (χ0) is 11.0. The van der Waals surface area contributed by atoms with Crippen LogP contribution in [0.2, 0.25) is 0 Å². The van der Waals surface area contributed by atoms with Gasteiger partial charge < -0.3 is 5.73 Å². The molecule has 0 unspecified atom stereocenters. The molecule has 0 fully saturated rings. The standard InChI is InChI=1S/C12H11N3S/c13-5-11-9(6-14-15-11)10-7-16-12-4-2-1-3-8(10)12/h1-4,6-7H,5,13H2,(H,14,15). The highest BCUT2D eigenvalue weighted by molar-refractivity contribution is 7.17. The summed E-state index contributed by atoms with van der Waals surface area (Å²) in [6.07, 6.45) is 1.84. The summed E-state index contributed by atoms with van der Waals surface area (Å²) in [5.74, 6) is 0. The summed E-state index contributed by atoms with van der Waals surface area (Å²) >= 11 is 1.75. The molecule has 0 spiro atoms. The molecule has 0 saturated carbocycles. The van der Waals surface area contributed by atoms with E-state index in [1.165, 1.54) is 15.6 Å². The third-order valence-electron chi connectivity index (χ3n) is 2.69. The van der Waals surface area contributed by atoms with Crippen molar-refractivity contribution in [3.05, 3.63) is 41.5 Å². The molecule has 0 saturated heterocycles. The first-order valence-electron chi connectivity index (χ1n) is 5.09. The normalized spacial score (nSPS) is 11.1. The molecule has 0 radical (unpaired) electrons. The molecule has 4 heteroatoms. The highest BCUT2D eigenvalue weighted by Gasteiger charge is 2.10. The van der Waals surface area contributed by atoms with Gasteiger partial charge in [-0.3, -0.25) is 5.10 Å². The van der Waals surface area contributed by atoms with E-state index in [0.29, 0.717) is 6.54 Å². The van der Waals surface area contributed by atoms with Crippen molar-refractivity contribution in [2.24, 2.45) is 5.73 Å². The molecule has 0 bridgehead atoms. The number of benzene rings is 1. The van der Waals surface area contributed by atoms with Crippen LogP contribution in [0.25, 0.3) is 21.2 Å². The van der Waals surface area contributed by atoms with E-state index in [0.717, 1.165) is 11.3 Å². The van der Waals surface area contributed by atoms with Gasteiger partial charge in [0.25, 0.3) is 0 Å². The van der Waals surface area contributed by atoms with E-state index in [-0.39, 0.29) is 0 Å². The maximum absolute atomic E-state index is 5.68. The summed E-state index contributed by atoms with van der Waals surface area (Å²) in [6.45, 7) is 0.486. The van der Waals surface area contributed by atoms with Gasteiger partial charge in [-0.1, -0.05) is 18.2 Å². The second-order valence-corrected chi connectivity index (χ2v) is 4.52. The van der Waals surface area contributed by atoms with E-state index < -0.39 is 0 Å². The quantitative estimate of drug-likeness (QED) is 0.710. The van der Waals surface area contributed by atoms with Crippen LogP contribution in [0, 0.1) is 0 Å². The number of aromatic nitrogens is 2. The molecule has 0 amide bonds. The molecule has 1 aromatic carbocycles. The molecule has 0 aliphatic rings. The minimum absolute atomic E-state index is 0.486. The zero-order valence-electron chi connectivity index (χ0n) is 8.60. The van der Waals surface area contributed by atoms with Crippen LogP contribution < -0.4 is 5.73 Å². The van der Waals surface area contributed by atoms with E-state index in [1.54, 1.807) is 11.3 Å². The lowest BCUT2D eigenvalue weighted by atomic mass is 10.1. The van der Waals surface area contributed by atoms with Crippen molar-refractivity contribution in [2.45, 2.75) is 6.54 Å². The molecule has 3 rings (SSSR count). The molecule has 3 nitrogen and oxygen atoms in total. The summed E-state index contributed by atoms with van der Waals surface area (Å²) < 4.78 is 1.29. The van der Waals surface area contributed by atoms with Crippen LogP contribution in [0.15, 0.2) is 35.8 Å². The van der Waals surface area contributed by atoms with Crippen molar-refractivity contribution < 1.29 is 0 Å². The minimum atomic E-state index is 0.486. The van der Waals surface area contributed by atoms with Crippen LogP contribution >= 0.6 is 11.3 Å². The first-order valence-corrected chi connectivity index (χ1v) is 5.97. The summed E-state index contributed by atoms with van der Waals surface area (Å²) in [4.78, 5) is 0. The number of nitrogens with zero attached hydrogens (tertiary/aromatic N) is 1. The number of aromatic amines is 1. The monoisotopic (exact) mass is 229 g/mol. The van der Waals surface area contributed by atoms with Crippen LogP contribution in [0.3, 0.4) is 0 Å². The molecular formula is C12H11N3S. The smallest absolute Gasteiger partial charge is 0.0569 e. The van der Waals surface area contributed by atoms with Gasteiger partial charge in [0.1, 0.15) is 0 Å². The maximum atomic E-state index is 5.68. The molecule has 0 atom stereocenters. The predicted octanol–water partition coefficient (Wildman–Crippen LogP) is 2.75. The number of thiophene rings is 1. The van der Waals surface area contributed by atoms with Crippen LogP contribution in [0.5, 0.6) is 0 Å². The van der Waals surface area contributed by atoms with E-state index in [1.807, 2.05) is 6.20 Å². The fourth-order valence-corrected chi connectivity index (χ4v) is 2.85. The number of rotatable bonds is 2. The minimum Gasteiger partial charge on any atom is -0.325 e. The van der Waals surface area contributed by atoms with Crippen molar-refractivity contribution in [2.75, 3.05) is 0 Å².